The third kappa shape index (κ3) is 2.84. The van der Waals surface area contributed by atoms with Crippen molar-refractivity contribution in [1.82, 2.24) is 0 Å². The summed E-state index contributed by atoms with van der Waals surface area (Å²) in [7, 11) is 0. The van der Waals surface area contributed by atoms with Gasteiger partial charge in [-0.05, 0) is 37.4 Å². The minimum atomic E-state index is -1.27. The van der Waals surface area contributed by atoms with Gasteiger partial charge in [0, 0.05) is 5.56 Å². The lowest BCUT2D eigenvalue weighted by atomic mass is 9.92. The van der Waals surface area contributed by atoms with E-state index in [2.05, 4.69) is 0 Å². The van der Waals surface area contributed by atoms with Crippen molar-refractivity contribution in [3.05, 3.63) is 57.3 Å². The zero-order valence-corrected chi connectivity index (χ0v) is 12.0. The summed E-state index contributed by atoms with van der Waals surface area (Å²) in [5, 5.41) is 10.9. The van der Waals surface area contributed by atoms with Gasteiger partial charge < -0.3 is 0 Å². The van der Waals surface area contributed by atoms with Gasteiger partial charge in [0.2, 0.25) is 0 Å². The summed E-state index contributed by atoms with van der Waals surface area (Å²) < 4.78 is 0. The maximum atomic E-state index is 12.4. The molecule has 2 rings (SSSR count). The third-order valence-electron chi connectivity index (χ3n) is 2.92. The Morgan fingerprint density at radius 3 is 2.30 bits per heavy atom. The molecule has 20 heavy (non-hydrogen) atoms. The molecule has 0 aliphatic carbocycles. The summed E-state index contributed by atoms with van der Waals surface area (Å²) in [5.74, 6) is -2.13. The van der Waals surface area contributed by atoms with Crippen molar-refractivity contribution < 1.29 is 9.59 Å². The molecule has 0 bridgehead atoms. The van der Waals surface area contributed by atoms with E-state index in [0.717, 1.165) is 11.1 Å². The summed E-state index contributed by atoms with van der Waals surface area (Å²) in [6.45, 7) is 3.76. The van der Waals surface area contributed by atoms with Gasteiger partial charge in [-0.15, -0.1) is 11.3 Å². The molecular weight excluding hydrogens is 270 g/mol. The van der Waals surface area contributed by atoms with Crippen LogP contribution in [-0.4, -0.2) is 11.6 Å². The van der Waals surface area contributed by atoms with Crippen LogP contribution in [0.4, 0.5) is 0 Å². The second kappa shape index (κ2) is 5.81. The number of Topliss-reactive ketones (excluding diaryl/α,β-unsaturated/α-hetero) is 2. The van der Waals surface area contributed by atoms with E-state index >= 15 is 0 Å². The van der Waals surface area contributed by atoms with Gasteiger partial charge in [0.05, 0.1) is 10.9 Å². The van der Waals surface area contributed by atoms with Crippen molar-refractivity contribution in [3.8, 4) is 6.07 Å². The number of hydrogen-bond donors (Lipinski definition) is 0. The highest BCUT2D eigenvalue weighted by Gasteiger charge is 2.29. The van der Waals surface area contributed by atoms with E-state index in [4.69, 9.17) is 0 Å². The van der Waals surface area contributed by atoms with Crippen LogP contribution in [0.1, 0.15) is 31.2 Å². The Balaban J connectivity index is 2.35. The highest BCUT2D eigenvalue weighted by Crippen LogP contribution is 2.19. The van der Waals surface area contributed by atoms with Crippen LogP contribution in [0.25, 0.3) is 0 Å². The van der Waals surface area contributed by atoms with Crippen LogP contribution in [-0.2, 0) is 0 Å². The number of nitriles is 1. The fourth-order valence-electron chi connectivity index (χ4n) is 2.08. The predicted octanol–water partition coefficient (Wildman–Crippen LogP) is 3.57. The largest absolute Gasteiger partial charge is 0.292 e. The molecule has 0 unspecified atom stereocenters. The first kappa shape index (κ1) is 14.2. The number of ketones is 2. The SMILES string of the molecule is Cc1cc(C)cc(C(=O)[C@@H](C#N)C(=O)c2cccs2)c1. The summed E-state index contributed by atoms with van der Waals surface area (Å²) in [5.41, 5.74) is 2.29. The van der Waals surface area contributed by atoms with Crippen molar-refractivity contribution in [2.75, 3.05) is 0 Å². The van der Waals surface area contributed by atoms with Crippen LogP contribution >= 0.6 is 11.3 Å². The van der Waals surface area contributed by atoms with E-state index in [1.54, 1.807) is 29.6 Å². The van der Waals surface area contributed by atoms with Gasteiger partial charge in [0.25, 0.3) is 0 Å². The molecule has 0 N–H and O–H groups in total. The maximum Gasteiger partial charge on any atom is 0.197 e. The minimum absolute atomic E-state index is 0.416. The van der Waals surface area contributed by atoms with E-state index in [1.807, 2.05) is 26.0 Å². The third-order valence-corrected chi connectivity index (χ3v) is 3.81. The molecular formula is C16H13NO2S. The molecule has 0 aliphatic rings. The topological polar surface area (TPSA) is 57.9 Å². The standard InChI is InChI=1S/C16H13NO2S/c1-10-6-11(2)8-12(7-10)15(18)13(9-17)16(19)14-4-3-5-20-14/h3-8,13H,1-2H3/t13-/m1/s1. The zero-order valence-electron chi connectivity index (χ0n) is 11.2. The number of rotatable bonds is 4. The Bertz CT molecular complexity index is 676. The quantitative estimate of drug-likeness (QED) is 0.636. The molecule has 0 spiro atoms. The molecule has 0 amide bonds. The van der Waals surface area contributed by atoms with Crippen LogP contribution in [0.5, 0.6) is 0 Å². The fraction of sp³-hybridized carbons (Fsp3) is 0.188. The van der Waals surface area contributed by atoms with Crippen LogP contribution < -0.4 is 0 Å². The Morgan fingerprint density at radius 2 is 1.80 bits per heavy atom. The van der Waals surface area contributed by atoms with Crippen molar-refractivity contribution >= 4 is 22.9 Å². The average Bonchev–Trinajstić information content (AvgIpc) is 2.92. The maximum absolute atomic E-state index is 12.4. The number of benzene rings is 1. The number of aryl methyl sites for hydroxylation is 2. The van der Waals surface area contributed by atoms with E-state index in [9.17, 15) is 14.9 Å². The Kier molecular flexibility index (Phi) is 4.11. The Labute approximate surface area is 121 Å². The van der Waals surface area contributed by atoms with Crippen molar-refractivity contribution in [1.29, 1.82) is 5.26 Å². The molecule has 0 radical (unpaired) electrons. The summed E-state index contributed by atoms with van der Waals surface area (Å²) in [4.78, 5) is 25.0. The molecule has 4 heteroatoms. The first-order valence-electron chi connectivity index (χ1n) is 6.13. The smallest absolute Gasteiger partial charge is 0.197 e. The van der Waals surface area contributed by atoms with Gasteiger partial charge in [-0.3, -0.25) is 9.59 Å². The number of thiophene rings is 1. The average molecular weight is 283 g/mol. The van der Waals surface area contributed by atoms with Gasteiger partial charge in [0.1, 0.15) is 0 Å². The summed E-state index contributed by atoms with van der Waals surface area (Å²) in [6, 6.07) is 10.6. The monoisotopic (exact) mass is 283 g/mol. The van der Waals surface area contributed by atoms with Crippen LogP contribution in [0, 0.1) is 31.1 Å². The summed E-state index contributed by atoms with van der Waals surface area (Å²) in [6.07, 6.45) is 0. The lowest BCUT2D eigenvalue weighted by Crippen LogP contribution is -2.22. The molecule has 0 fully saturated rings. The first-order valence-corrected chi connectivity index (χ1v) is 7.00. The van der Waals surface area contributed by atoms with Gasteiger partial charge >= 0.3 is 0 Å². The van der Waals surface area contributed by atoms with E-state index in [-0.39, 0.29) is 0 Å². The number of hydrogen-bond acceptors (Lipinski definition) is 4. The molecule has 100 valence electrons. The van der Waals surface area contributed by atoms with Crippen LogP contribution in [0.3, 0.4) is 0 Å². The van der Waals surface area contributed by atoms with E-state index < -0.39 is 17.5 Å². The first-order chi connectivity index (χ1) is 9.52. The molecule has 0 saturated carbocycles. The highest BCUT2D eigenvalue weighted by atomic mass is 32.1. The predicted molar refractivity (Wildman–Crippen MR) is 78.0 cm³/mol. The van der Waals surface area contributed by atoms with Gasteiger partial charge in [-0.1, -0.05) is 23.3 Å². The normalized spacial score (nSPS) is 11.7. The summed E-state index contributed by atoms with van der Waals surface area (Å²) >= 11 is 1.24. The lowest BCUT2D eigenvalue weighted by Gasteiger charge is -2.08. The second-order valence-electron chi connectivity index (χ2n) is 4.64. The van der Waals surface area contributed by atoms with Gasteiger partial charge in [-0.25, -0.2) is 0 Å². The van der Waals surface area contributed by atoms with Crippen molar-refractivity contribution in [2.45, 2.75) is 13.8 Å². The van der Waals surface area contributed by atoms with Crippen LogP contribution in [0.15, 0.2) is 35.7 Å². The molecule has 2 aromatic rings. The fourth-order valence-corrected chi connectivity index (χ4v) is 2.78. The molecule has 0 aliphatic heterocycles. The molecule has 0 saturated heterocycles. The van der Waals surface area contributed by atoms with Crippen molar-refractivity contribution in [2.24, 2.45) is 5.92 Å². The molecule has 1 atom stereocenters. The minimum Gasteiger partial charge on any atom is -0.292 e. The van der Waals surface area contributed by atoms with Gasteiger partial charge in [0.15, 0.2) is 17.5 Å². The van der Waals surface area contributed by atoms with Crippen molar-refractivity contribution in [3.63, 3.8) is 0 Å². The molecule has 3 nitrogen and oxygen atoms in total. The lowest BCUT2D eigenvalue weighted by molar-refractivity contribution is 0.0848. The number of carbonyl (C=O) groups excluding carboxylic acids is 2. The molecule has 1 aromatic heterocycles. The van der Waals surface area contributed by atoms with Gasteiger partial charge in [-0.2, -0.15) is 5.26 Å². The van der Waals surface area contributed by atoms with E-state index in [0.29, 0.717) is 10.4 Å². The molecule has 1 aromatic carbocycles. The van der Waals surface area contributed by atoms with E-state index in [1.165, 1.54) is 11.3 Å². The highest BCUT2D eigenvalue weighted by molar-refractivity contribution is 7.12. The molecule has 1 heterocycles. The zero-order chi connectivity index (χ0) is 14.7. The Morgan fingerprint density at radius 1 is 1.15 bits per heavy atom. The van der Waals surface area contributed by atoms with Crippen LogP contribution in [0.2, 0.25) is 0 Å². The number of carbonyl (C=O) groups is 2. The second-order valence-corrected chi connectivity index (χ2v) is 5.59. The number of nitrogens with zero attached hydrogens (tertiary/aromatic N) is 1. The Hall–Kier alpha value is -2.25.